The molecule has 0 radical (unpaired) electrons. The van der Waals surface area contributed by atoms with E-state index in [4.69, 9.17) is 0 Å². The normalized spacial score (nSPS) is 11.8. The first-order valence-electron chi connectivity index (χ1n) is 9.51. The van der Waals surface area contributed by atoms with E-state index in [1.165, 1.54) is 29.5 Å². The molecular weight excluding hydrogens is 402 g/mol. The van der Waals surface area contributed by atoms with Crippen LogP contribution in [0.4, 0.5) is 11.4 Å². The van der Waals surface area contributed by atoms with Crippen molar-refractivity contribution in [3.05, 3.63) is 75.6 Å². The minimum Gasteiger partial charge on any atom is -0.325 e. The number of hydrogen-bond donors (Lipinski definition) is 1. The van der Waals surface area contributed by atoms with Crippen molar-refractivity contribution in [3.8, 4) is 0 Å². The fourth-order valence-electron chi connectivity index (χ4n) is 2.90. The highest BCUT2D eigenvalue weighted by molar-refractivity contribution is 8.00. The summed E-state index contributed by atoms with van der Waals surface area (Å²) in [6, 6.07) is 14.6. The molecule has 0 aliphatic carbocycles. The van der Waals surface area contributed by atoms with Gasteiger partial charge in [0.05, 0.1) is 15.9 Å². The fraction of sp³-hybridized carbons (Fsp3) is 0.286. The van der Waals surface area contributed by atoms with Crippen LogP contribution in [-0.2, 0) is 17.8 Å². The number of benzene rings is 2. The molecule has 0 fully saturated rings. The molecule has 1 N–H and O–H groups in total. The van der Waals surface area contributed by atoms with Gasteiger partial charge in [0.2, 0.25) is 5.91 Å². The van der Waals surface area contributed by atoms with Gasteiger partial charge in [-0.1, -0.05) is 48.2 Å². The maximum Gasteiger partial charge on any atom is 0.271 e. The van der Waals surface area contributed by atoms with Crippen molar-refractivity contribution in [1.29, 1.82) is 0 Å². The van der Waals surface area contributed by atoms with Gasteiger partial charge in [-0.2, -0.15) is 0 Å². The number of nitro benzene ring substituents is 1. The van der Waals surface area contributed by atoms with Crippen LogP contribution in [0.5, 0.6) is 0 Å². The molecule has 9 heteroatoms. The number of carbonyl (C=O) groups excluding carboxylic acids is 1. The van der Waals surface area contributed by atoms with Crippen molar-refractivity contribution in [3.63, 3.8) is 0 Å². The molecule has 0 spiro atoms. The third kappa shape index (κ3) is 5.24. The molecule has 1 atom stereocenters. The van der Waals surface area contributed by atoms with E-state index in [2.05, 4.69) is 27.6 Å². The summed E-state index contributed by atoms with van der Waals surface area (Å²) in [5.41, 5.74) is 2.34. The van der Waals surface area contributed by atoms with Crippen molar-refractivity contribution in [2.45, 2.75) is 44.1 Å². The smallest absolute Gasteiger partial charge is 0.271 e. The largest absolute Gasteiger partial charge is 0.325 e. The molecule has 3 rings (SSSR count). The Morgan fingerprint density at radius 1 is 1.20 bits per heavy atom. The van der Waals surface area contributed by atoms with Gasteiger partial charge in [0, 0.05) is 18.7 Å². The molecule has 0 aliphatic rings. The lowest BCUT2D eigenvalue weighted by Crippen LogP contribution is -2.23. The highest BCUT2D eigenvalue weighted by Gasteiger charge is 2.20. The molecule has 1 heterocycles. The fourth-order valence-corrected chi connectivity index (χ4v) is 3.82. The van der Waals surface area contributed by atoms with Crippen LogP contribution in [0.15, 0.2) is 53.7 Å². The van der Waals surface area contributed by atoms with Crippen molar-refractivity contribution >= 4 is 29.0 Å². The molecule has 1 amide bonds. The molecule has 156 valence electrons. The second kappa shape index (κ2) is 9.53. The van der Waals surface area contributed by atoms with E-state index in [0.717, 1.165) is 17.8 Å². The number of nitrogens with zero attached hydrogens (tertiary/aromatic N) is 4. The number of carbonyl (C=O) groups is 1. The summed E-state index contributed by atoms with van der Waals surface area (Å²) in [7, 11) is 0. The molecule has 0 saturated heterocycles. The highest BCUT2D eigenvalue weighted by Crippen LogP contribution is 2.26. The Hall–Kier alpha value is -3.20. The van der Waals surface area contributed by atoms with Crippen LogP contribution in [0.2, 0.25) is 0 Å². The van der Waals surface area contributed by atoms with Gasteiger partial charge in [-0.3, -0.25) is 14.9 Å². The second-order valence-electron chi connectivity index (χ2n) is 6.92. The number of non-ortho nitro benzene ring substituents is 1. The van der Waals surface area contributed by atoms with Crippen molar-refractivity contribution < 1.29 is 9.72 Å². The summed E-state index contributed by atoms with van der Waals surface area (Å²) in [5.74, 6) is 0.537. The van der Waals surface area contributed by atoms with Crippen LogP contribution in [0.3, 0.4) is 0 Å². The molecule has 0 aliphatic heterocycles. The Bertz CT molecular complexity index is 1050. The Balaban J connectivity index is 1.67. The molecule has 8 nitrogen and oxygen atoms in total. The molecule has 1 aromatic heterocycles. The summed E-state index contributed by atoms with van der Waals surface area (Å²) < 4.78 is 2.00. The van der Waals surface area contributed by atoms with Crippen LogP contribution in [0, 0.1) is 24.0 Å². The Morgan fingerprint density at radius 2 is 1.93 bits per heavy atom. The number of anilines is 1. The quantitative estimate of drug-likeness (QED) is 0.330. The first kappa shape index (κ1) is 21.5. The minimum absolute atomic E-state index is 0.0625. The van der Waals surface area contributed by atoms with Crippen LogP contribution < -0.4 is 5.32 Å². The SMILES string of the molecule is Cc1ccc([N+](=O)[O-])cc1NC(=O)[C@@H](C)Sc1nnc(C)n1CCc1ccccc1. The maximum absolute atomic E-state index is 12.7. The Kier molecular flexibility index (Phi) is 6.83. The van der Waals surface area contributed by atoms with Gasteiger partial charge in [-0.15, -0.1) is 10.2 Å². The maximum atomic E-state index is 12.7. The zero-order valence-corrected chi connectivity index (χ0v) is 17.8. The average Bonchev–Trinajstić information content (AvgIpc) is 3.07. The average molecular weight is 426 g/mol. The van der Waals surface area contributed by atoms with E-state index in [-0.39, 0.29) is 11.6 Å². The summed E-state index contributed by atoms with van der Waals surface area (Å²) in [6.07, 6.45) is 0.834. The van der Waals surface area contributed by atoms with Gasteiger partial charge in [-0.05, 0) is 38.3 Å². The van der Waals surface area contributed by atoms with E-state index in [9.17, 15) is 14.9 Å². The monoisotopic (exact) mass is 425 g/mol. The van der Waals surface area contributed by atoms with E-state index in [1.54, 1.807) is 19.9 Å². The molecule has 2 aromatic carbocycles. The summed E-state index contributed by atoms with van der Waals surface area (Å²) >= 11 is 1.31. The second-order valence-corrected chi connectivity index (χ2v) is 8.23. The third-order valence-corrected chi connectivity index (χ3v) is 5.79. The van der Waals surface area contributed by atoms with Crippen LogP contribution >= 0.6 is 11.8 Å². The topological polar surface area (TPSA) is 103 Å². The molecule has 0 saturated carbocycles. The van der Waals surface area contributed by atoms with Crippen LogP contribution in [-0.4, -0.2) is 30.8 Å². The van der Waals surface area contributed by atoms with Gasteiger partial charge in [0.25, 0.3) is 5.69 Å². The predicted molar refractivity (Wildman–Crippen MR) is 117 cm³/mol. The lowest BCUT2D eigenvalue weighted by Gasteiger charge is -2.14. The summed E-state index contributed by atoms with van der Waals surface area (Å²) in [4.78, 5) is 23.2. The van der Waals surface area contributed by atoms with Crippen molar-refractivity contribution in [1.82, 2.24) is 14.8 Å². The summed E-state index contributed by atoms with van der Waals surface area (Å²) in [6.45, 7) is 6.17. The number of rotatable bonds is 8. The van der Waals surface area contributed by atoms with Gasteiger partial charge in [0.15, 0.2) is 5.16 Å². The van der Waals surface area contributed by atoms with E-state index in [1.807, 2.05) is 29.7 Å². The molecular formula is C21H23N5O3S. The van der Waals surface area contributed by atoms with E-state index >= 15 is 0 Å². The van der Waals surface area contributed by atoms with Crippen molar-refractivity contribution in [2.75, 3.05) is 5.32 Å². The lowest BCUT2D eigenvalue weighted by atomic mass is 10.1. The molecule has 3 aromatic rings. The standard InChI is InChI=1S/C21H23N5O3S/c1-14-9-10-18(26(28)29)13-19(14)22-20(27)15(2)30-21-24-23-16(3)25(21)12-11-17-7-5-4-6-8-17/h4-10,13,15H,11-12H2,1-3H3,(H,22,27)/t15-/m1/s1. The molecule has 30 heavy (non-hydrogen) atoms. The summed E-state index contributed by atoms with van der Waals surface area (Å²) in [5, 5.41) is 22.4. The van der Waals surface area contributed by atoms with Crippen LogP contribution in [0.25, 0.3) is 0 Å². The van der Waals surface area contributed by atoms with Crippen LogP contribution in [0.1, 0.15) is 23.9 Å². The zero-order chi connectivity index (χ0) is 21.7. The van der Waals surface area contributed by atoms with Crippen molar-refractivity contribution in [2.24, 2.45) is 0 Å². The van der Waals surface area contributed by atoms with Gasteiger partial charge < -0.3 is 9.88 Å². The number of aryl methyl sites for hydroxylation is 3. The Morgan fingerprint density at radius 3 is 2.63 bits per heavy atom. The highest BCUT2D eigenvalue weighted by atomic mass is 32.2. The molecule has 0 unspecified atom stereocenters. The number of aromatic nitrogens is 3. The Labute approximate surface area is 178 Å². The van der Waals surface area contributed by atoms with Gasteiger partial charge >= 0.3 is 0 Å². The zero-order valence-electron chi connectivity index (χ0n) is 17.0. The minimum atomic E-state index is -0.481. The molecule has 0 bridgehead atoms. The predicted octanol–water partition coefficient (Wildman–Crippen LogP) is 4.17. The van der Waals surface area contributed by atoms with Gasteiger partial charge in [0.1, 0.15) is 5.82 Å². The number of thioether (sulfide) groups is 1. The number of nitro groups is 1. The number of nitrogens with one attached hydrogen (secondary N) is 1. The van der Waals surface area contributed by atoms with Gasteiger partial charge in [-0.25, -0.2) is 0 Å². The third-order valence-electron chi connectivity index (χ3n) is 4.71. The first-order valence-corrected chi connectivity index (χ1v) is 10.4. The van der Waals surface area contributed by atoms with E-state index in [0.29, 0.717) is 17.4 Å². The van der Waals surface area contributed by atoms with E-state index < -0.39 is 10.2 Å². The number of hydrogen-bond acceptors (Lipinski definition) is 6. The number of amides is 1. The first-order chi connectivity index (χ1) is 14.3. The lowest BCUT2D eigenvalue weighted by molar-refractivity contribution is -0.384.